The molecule has 14 heavy (non-hydrogen) atoms. The Morgan fingerprint density at radius 2 is 1.86 bits per heavy atom. The van der Waals surface area contributed by atoms with E-state index in [1.165, 1.54) is 11.1 Å². The summed E-state index contributed by atoms with van der Waals surface area (Å²) < 4.78 is 0. The van der Waals surface area contributed by atoms with E-state index in [9.17, 15) is 0 Å². The van der Waals surface area contributed by atoms with Gasteiger partial charge in [-0.25, -0.2) is 0 Å². The van der Waals surface area contributed by atoms with Crippen molar-refractivity contribution in [1.29, 1.82) is 5.41 Å². The molecule has 74 valence electrons. The van der Waals surface area contributed by atoms with Gasteiger partial charge in [0.1, 0.15) is 5.84 Å². The van der Waals surface area contributed by atoms with Gasteiger partial charge in [-0.1, -0.05) is 24.3 Å². The molecule has 3 heteroatoms. The second-order valence-electron chi connectivity index (χ2n) is 3.81. The van der Waals surface area contributed by atoms with Crippen LogP contribution in [0.5, 0.6) is 0 Å². The molecule has 0 amide bonds. The van der Waals surface area contributed by atoms with Gasteiger partial charge in [0.2, 0.25) is 0 Å². The third-order valence-corrected chi connectivity index (χ3v) is 2.86. The molecular weight excluding hydrogens is 174 g/mol. The number of nitrogens with one attached hydrogen (secondary N) is 1. The molecule has 1 atom stereocenters. The molecule has 3 nitrogen and oxygen atoms in total. The summed E-state index contributed by atoms with van der Waals surface area (Å²) in [7, 11) is 0. The van der Waals surface area contributed by atoms with E-state index in [0.717, 1.165) is 13.1 Å². The summed E-state index contributed by atoms with van der Waals surface area (Å²) in [5.41, 5.74) is 8.22. The lowest BCUT2D eigenvalue weighted by atomic mass is 10.1. The van der Waals surface area contributed by atoms with Crippen LogP contribution >= 0.6 is 0 Å². The fourth-order valence-corrected chi connectivity index (χ4v) is 1.83. The first-order valence-electron chi connectivity index (χ1n) is 4.83. The zero-order valence-electron chi connectivity index (χ0n) is 8.33. The molecule has 2 rings (SSSR count). The van der Waals surface area contributed by atoms with Gasteiger partial charge in [0.05, 0.1) is 6.04 Å². The second-order valence-corrected chi connectivity index (χ2v) is 3.81. The normalized spacial score (nSPS) is 17.8. The highest BCUT2D eigenvalue weighted by Crippen LogP contribution is 2.23. The Hall–Kier alpha value is -1.35. The number of hydrogen-bond acceptors (Lipinski definition) is 2. The topological polar surface area (TPSA) is 53.1 Å². The van der Waals surface area contributed by atoms with Crippen molar-refractivity contribution in [2.75, 3.05) is 0 Å². The lowest BCUT2D eigenvalue weighted by Gasteiger charge is -2.22. The summed E-state index contributed by atoms with van der Waals surface area (Å²) in [5, 5.41) is 7.41. The van der Waals surface area contributed by atoms with Crippen LogP contribution in [0, 0.1) is 5.41 Å². The van der Waals surface area contributed by atoms with E-state index in [1.807, 2.05) is 6.92 Å². The van der Waals surface area contributed by atoms with Crippen LogP contribution in [0.3, 0.4) is 0 Å². The van der Waals surface area contributed by atoms with E-state index in [2.05, 4.69) is 29.2 Å². The minimum absolute atomic E-state index is 0.0439. The number of rotatable bonds is 2. The summed E-state index contributed by atoms with van der Waals surface area (Å²) in [6.45, 7) is 3.81. The lowest BCUT2D eigenvalue weighted by molar-refractivity contribution is 0.260. The first-order chi connectivity index (χ1) is 6.68. The average molecular weight is 189 g/mol. The van der Waals surface area contributed by atoms with E-state index in [-0.39, 0.29) is 11.9 Å². The zero-order valence-corrected chi connectivity index (χ0v) is 8.33. The van der Waals surface area contributed by atoms with Gasteiger partial charge in [-0.15, -0.1) is 0 Å². The monoisotopic (exact) mass is 189 g/mol. The van der Waals surface area contributed by atoms with Crippen LogP contribution in [-0.2, 0) is 13.1 Å². The van der Waals surface area contributed by atoms with Crippen LogP contribution < -0.4 is 5.73 Å². The minimum atomic E-state index is 0.0439. The van der Waals surface area contributed by atoms with E-state index in [4.69, 9.17) is 11.1 Å². The molecule has 0 saturated carbocycles. The quantitative estimate of drug-likeness (QED) is 0.544. The number of amidine groups is 1. The lowest BCUT2D eigenvalue weighted by Crippen LogP contribution is -2.38. The van der Waals surface area contributed by atoms with Gasteiger partial charge in [-0.3, -0.25) is 10.3 Å². The summed E-state index contributed by atoms with van der Waals surface area (Å²) in [4.78, 5) is 2.22. The Bertz CT molecular complexity index is 334. The fourth-order valence-electron chi connectivity index (χ4n) is 1.83. The number of nitrogens with zero attached hydrogens (tertiary/aromatic N) is 1. The molecule has 1 aromatic rings. The summed E-state index contributed by atoms with van der Waals surface area (Å²) in [6, 6.07) is 8.44. The highest BCUT2D eigenvalue weighted by molar-refractivity contribution is 5.82. The Balaban J connectivity index is 2.15. The van der Waals surface area contributed by atoms with Crippen molar-refractivity contribution in [2.24, 2.45) is 5.73 Å². The van der Waals surface area contributed by atoms with E-state index in [0.29, 0.717) is 0 Å². The van der Waals surface area contributed by atoms with Gasteiger partial charge >= 0.3 is 0 Å². The summed E-state index contributed by atoms with van der Waals surface area (Å²) in [6.07, 6.45) is 0. The molecule has 1 aliphatic rings. The SMILES string of the molecule is CC(C(=N)N)N1Cc2ccccc2C1. The van der Waals surface area contributed by atoms with Crippen LogP contribution in [0.15, 0.2) is 24.3 Å². The fraction of sp³-hybridized carbons (Fsp3) is 0.364. The maximum Gasteiger partial charge on any atom is 0.108 e. The van der Waals surface area contributed by atoms with Crippen molar-refractivity contribution in [3.63, 3.8) is 0 Å². The van der Waals surface area contributed by atoms with E-state index < -0.39 is 0 Å². The molecule has 0 fully saturated rings. The van der Waals surface area contributed by atoms with Gasteiger partial charge in [-0.05, 0) is 18.1 Å². The van der Waals surface area contributed by atoms with Gasteiger partial charge < -0.3 is 5.73 Å². The van der Waals surface area contributed by atoms with Crippen molar-refractivity contribution < 1.29 is 0 Å². The largest absolute Gasteiger partial charge is 0.386 e. The predicted octanol–water partition coefficient (Wildman–Crippen LogP) is 1.33. The molecule has 0 aliphatic carbocycles. The van der Waals surface area contributed by atoms with Crippen LogP contribution in [-0.4, -0.2) is 16.8 Å². The van der Waals surface area contributed by atoms with Crippen LogP contribution in [0.25, 0.3) is 0 Å². The summed E-state index contributed by atoms with van der Waals surface area (Å²) >= 11 is 0. The van der Waals surface area contributed by atoms with Crippen molar-refractivity contribution in [3.8, 4) is 0 Å². The highest BCUT2D eigenvalue weighted by Gasteiger charge is 2.23. The highest BCUT2D eigenvalue weighted by atomic mass is 15.2. The average Bonchev–Trinajstić information content (AvgIpc) is 2.59. The van der Waals surface area contributed by atoms with Crippen molar-refractivity contribution in [3.05, 3.63) is 35.4 Å². The minimum Gasteiger partial charge on any atom is -0.386 e. The van der Waals surface area contributed by atoms with E-state index >= 15 is 0 Å². The van der Waals surface area contributed by atoms with Crippen molar-refractivity contribution >= 4 is 5.84 Å². The Labute approximate surface area is 84.0 Å². The second kappa shape index (κ2) is 3.42. The summed E-state index contributed by atoms with van der Waals surface area (Å²) in [5.74, 6) is 0.248. The van der Waals surface area contributed by atoms with Crippen LogP contribution in [0.4, 0.5) is 0 Å². The number of nitrogens with two attached hydrogens (primary N) is 1. The van der Waals surface area contributed by atoms with Crippen LogP contribution in [0.2, 0.25) is 0 Å². The molecule has 0 bridgehead atoms. The molecule has 0 aromatic heterocycles. The maximum absolute atomic E-state index is 7.41. The Kier molecular flexibility index (Phi) is 2.25. The first-order valence-corrected chi connectivity index (χ1v) is 4.83. The molecule has 1 unspecified atom stereocenters. The van der Waals surface area contributed by atoms with Crippen molar-refractivity contribution in [1.82, 2.24) is 4.90 Å². The number of fused-ring (bicyclic) bond motifs is 1. The molecule has 3 N–H and O–H groups in total. The Morgan fingerprint density at radius 1 is 1.36 bits per heavy atom. The van der Waals surface area contributed by atoms with Gasteiger partial charge in [-0.2, -0.15) is 0 Å². The van der Waals surface area contributed by atoms with Gasteiger partial charge in [0.15, 0.2) is 0 Å². The zero-order chi connectivity index (χ0) is 10.1. The first kappa shape index (κ1) is 9.21. The molecule has 0 spiro atoms. The standard InChI is InChI=1S/C11H15N3/c1-8(11(12)13)14-6-9-4-2-3-5-10(9)7-14/h2-5,8H,6-7H2,1H3,(H3,12,13). The molecule has 1 aliphatic heterocycles. The Morgan fingerprint density at radius 3 is 2.29 bits per heavy atom. The van der Waals surface area contributed by atoms with E-state index in [1.54, 1.807) is 0 Å². The molecule has 0 radical (unpaired) electrons. The van der Waals surface area contributed by atoms with Gasteiger partial charge in [0, 0.05) is 13.1 Å². The third-order valence-electron chi connectivity index (χ3n) is 2.86. The maximum atomic E-state index is 7.41. The molecule has 1 heterocycles. The molecular formula is C11H15N3. The number of hydrogen-bond donors (Lipinski definition) is 2. The predicted molar refractivity (Wildman–Crippen MR) is 57.1 cm³/mol. The van der Waals surface area contributed by atoms with Crippen molar-refractivity contribution in [2.45, 2.75) is 26.1 Å². The number of benzene rings is 1. The smallest absolute Gasteiger partial charge is 0.108 e. The third kappa shape index (κ3) is 1.51. The molecule has 1 aromatic carbocycles. The van der Waals surface area contributed by atoms with Crippen LogP contribution in [0.1, 0.15) is 18.1 Å². The van der Waals surface area contributed by atoms with Gasteiger partial charge in [0.25, 0.3) is 0 Å². The molecule has 0 saturated heterocycles.